The third kappa shape index (κ3) is 4.17. The highest BCUT2D eigenvalue weighted by Gasteiger charge is 2.47. The molecule has 34 heavy (non-hydrogen) atoms. The van der Waals surface area contributed by atoms with Crippen molar-refractivity contribution in [2.24, 2.45) is 0 Å². The molecule has 0 radical (unpaired) electrons. The maximum absolute atomic E-state index is 14.9. The fourth-order valence-electron chi connectivity index (χ4n) is 4.22. The van der Waals surface area contributed by atoms with Gasteiger partial charge in [-0.3, -0.25) is 9.59 Å². The average molecular weight is 476 g/mol. The van der Waals surface area contributed by atoms with Gasteiger partial charge in [0.2, 0.25) is 0 Å². The van der Waals surface area contributed by atoms with Gasteiger partial charge in [0.1, 0.15) is 21.2 Å². The molecule has 0 bridgehead atoms. The van der Waals surface area contributed by atoms with Gasteiger partial charge in [-0.1, -0.05) is 41.7 Å². The van der Waals surface area contributed by atoms with Crippen LogP contribution in [0.3, 0.4) is 0 Å². The molecule has 1 atom stereocenters. The van der Waals surface area contributed by atoms with Gasteiger partial charge in [-0.25, -0.2) is 14.4 Å². The second-order valence-corrected chi connectivity index (χ2v) is 9.63. The zero-order valence-corrected chi connectivity index (χ0v) is 19.2. The molecule has 0 unspecified atom stereocenters. The molecular formula is C26H22FN3O3S. The lowest BCUT2D eigenvalue weighted by molar-refractivity contribution is -0.137. The molecule has 2 aromatic heterocycles. The van der Waals surface area contributed by atoms with Gasteiger partial charge in [0.15, 0.2) is 0 Å². The summed E-state index contributed by atoms with van der Waals surface area (Å²) in [6, 6.07) is 17.9. The molecule has 1 aliphatic carbocycles. The van der Waals surface area contributed by atoms with Crippen LogP contribution in [0.25, 0.3) is 20.9 Å². The Morgan fingerprint density at radius 3 is 2.56 bits per heavy atom. The minimum Gasteiger partial charge on any atom is -0.481 e. The van der Waals surface area contributed by atoms with E-state index in [1.54, 1.807) is 6.92 Å². The van der Waals surface area contributed by atoms with Gasteiger partial charge in [0.25, 0.3) is 5.91 Å². The largest absolute Gasteiger partial charge is 0.481 e. The van der Waals surface area contributed by atoms with Crippen molar-refractivity contribution in [2.75, 3.05) is 0 Å². The van der Waals surface area contributed by atoms with E-state index in [4.69, 9.17) is 10.1 Å². The molecule has 6 nitrogen and oxygen atoms in total. The Labute approximate surface area is 199 Å². The quantitative estimate of drug-likeness (QED) is 0.385. The van der Waals surface area contributed by atoms with Crippen LogP contribution >= 0.6 is 11.3 Å². The number of hydrogen-bond donors (Lipinski definition) is 2. The smallest absolute Gasteiger partial charge is 0.305 e. The van der Waals surface area contributed by atoms with E-state index in [0.29, 0.717) is 16.1 Å². The average Bonchev–Trinajstić information content (AvgIpc) is 3.52. The number of carbonyl (C=O) groups excluding carboxylic acids is 1. The van der Waals surface area contributed by atoms with E-state index in [9.17, 15) is 14.0 Å². The van der Waals surface area contributed by atoms with E-state index in [0.717, 1.165) is 29.4 Å². The first-order valence-electron chi connectivity index (χ1n) is 11.0. The fraction of sp³-hybridized carbons (Fsp3) is 0.231. The lowest BCUT2D eigenvalue weighted by Crippen LogP contribution is -2.34. The lowest BCUT2D eigenvalue weighted by atomic mass is 9.92. The molecule has 4 aromatic rings. The minimum absolute atomic E-state index is 0.0579. The molecule has 8 heteroatoms. The van der Waals surface area contributed by atoms with Crippen molar-refractivity contribution >= 4 is 33.6 Å². The highest BCUT2D eigenvalue weighted by atomic mass is 32.1. The van der Waals surface area contributed by atoms with Crippen LogP contribution < -0.4 is 5.32 Å². The van der Waals surface area contributed by atoms with Crippen LogP contribution in [0.2, 0.25) is 0 Å². The Balaban J connectivity index is 1.40. The predicted octanol–water partition coefficient (Wildman–Crippen LogP) is 5.17. The SMILES string of the molecule is C[C@H](CC(=O)O)NC(=O)c1ccc(-c2nc3ccc(C4(c5ccccc5)CC4)nc3s2)c(F)c1. The Bertz CT molecular complexity index is 1400. The summed E-state index contributed by atoms with van der Waals surface area (Å²) in [5.41, 5.74) is 3.32. The number of carboxylic acid groups (broad SMARTS) is 1. The summed E-state index contributed by atoms with van der Waals surface area (Å²) in [6.45, 7) is 1.59. The van der Waals surface area contributed by atoms with Crippen molar-refractivity contribution in [2.45, 2.75) is 37.6 Å². The van der Waals surface area contributed by atoms with Gasteiger partial charge in [-0.05, 0) is 55.7 Å². The van der Waals surface area contributed by atoms with Gasteiger partial charge in [-0.15, -0.1) is 0 Å². The number of aromatic nitrogens is 2. The summed E-state index contributed by atoms with van der Waals surface area (Å²) in [6.07, 6.45) is 1.88. The summed E-state index contributed by atoms with van der Waals surface area (Å²) in [7, 11) is 0. The number of thiazole rings is 1. The first kappa shape index (κ1) is 22.2. The van der Waals surface area contributed by atoms with Crippen molar-refractivity contribution in [3.05, 3.63) is 83.3 Å². The number of nitrogens with zero attached hydrogens (tertiary/aromatic N) is 2. The number of aliphatic carboxylic acids is 1. The number of nitrogens with one attached hydrogen (secondary N) is 1. The van der Waals surface area contributed by atoms with Crippen molar-refractivity contribution in [1.82, 2.24) is 15.3 Å². The minimum atomic E-state index is -1.02. The van der Waals surface area contributed by atoms with Crippen LogP contribution in [-0.4, -0.2) is 33.0 Å². The summed E-state index contributed by atoms with van der Waals surface area (Å²) >= 11 is 1.32. The standard InChI is InChI=1S/C26H22FN3O3S/c1-15(13-22(31)32)28-23(33)16-7-8-18(19(27)14-16)24-29-20-9-10-21(30-25(20)34-24)26(11-12-26)17-5-3-2-4-6-17/h2-10,14-15H,11-13H2,1H3,(H,28,33)(H,31,32)/t15-/m1/s1. The number of benzene rings is 2. The zero-order valence-electron chi connectivity index (χ0n) is 18.4. The van der Waals surface area contributed by atoms with E-state index in [2.05, 4.69) is 22.4 Å². The number of rotatable bonds is 7. The van der Waals surface area contributed by atoms with Crippen molar-refractivity contribution in [1.29, 1.82) is 0 Å². The van der Waals surface area contributed by atoms with Crippen LogP contribution in [0.15, 0.2) is 60.7 Å². The molecule has 2 aromatic carbocycles. The number of halogens is 1. The van der Waals surface area contributed by atoms with Crippen molar-refractivity contribution < 1.29 is 19.1 Å². The van der Waals surface area contributed by atoms with Gasteiger partial charge in [0, 0.05) is 22.6 Å². The fourth-order valence-corrected chi connectivity index (χ4v) is 5.19. The highest BCUT2D eigenvalue weighted by Crippen LogP contribution is 2.53. The molecule has 0 spiro atoms. The Morgan fingerprint density at radius 1 is 1.12 bits per heavy atom. The van der Waals surface area contributed by atoms with E-state index in [-0.39, 0.29) is 17.4 Å². The maximum atomic E-state index is 14.9. The van der Waals surface area contributed by atoms with Gasteiger partial charge >= 0.3 is 5.97 Å². The van der Waals surface area contributed by atoms with E-state index >= 15 is 0 Å². The third-order valence-electron chi connectivity index (χ3n) is 6.14. The van der Waals surface area contributed by atoms with Gasteiger partial charge in [-0.2, -0.15) is 0 Å². The molecular weight excluding hydrogens is 453 g/mol. The Kier molecular flexibility index (Phi) is 5.61. The number of carboxylic acids is 1. The summed E-state index contributed by atoms with van der Waals surface area (Å²) in [4.78, 5) is 33.3. The number of amides is 1. The normalized spacial score (nSPS) is 15.1. The second-order valence-electron chi connectivity index (χ2n) is 8.65. The molecule has 172 valence electrons. The lowest BCUT2D eigenvalue weighted by Gasteiger charge is -2.14. The number of pyridine rings is 1. The molecule has 5 rings (SSSR count). The van der Waals surface area contributed by atoms with Gasteiger partial charge in [0.05, 0.1) is 12.1 Å². The van der Waals surface area contributed by atoms with Crippen LogP contribution in [0.4, 0.5) is 4.39 Å². The van der Waals surface area contributed by atoms with Crippen molar-refractivity contribution in [3.8, 4) is 10.6 Å². The molecule has 1 aliphatic rings. The zero-order chi connectivity index (χ0) is 23.9. The number of hydrogen-bond acceptors (Lipinski definition) is 5. The monoisotopic (exact) mass is 475 g/mol. The number of fused-ring (bicyclic) bond motifs is 1. The molecule has 1 fully saturated rings. The molecule has 2 N–H and O–H groups in total. The molecule has 1 amide bonds. The molecule has 0 saturated heterocycles. The molecule has 1 saturated carbocycles. The predicted molar refractivity (Wildman–Crippen MR) is 128 cm³/mol. The van der Waals surface area contributed by atoms with Crippen molar-refractivity contribution in [3.63, 3.8) is 0 Å². The first-order chi connectivity index (χ1) is 16.4. The third-order valence-corrected chi connectivity index (χ3v) is 7.14. The highest BCUT2D eigenvalue weighted by molar-refractivity contribution is 7.21. The number of carbonyl (C=O) groups is 2. The van der Waals surface area contributed by atoms with E-state index in [1.165, 1.54) is 29.0 Å². The molecule has 2 heterocycles. The molecule has 0 aliphatic heterocycles. The second kappa shape index (κ2) is 8.61. The Hall–Kier alpha value is -3.65. The maximum Gasteiger partial charge on any atom is 0.305 e. The summed E-state index contributed by atoms with van der Waals surface area (Å²) < 4.78 is 14.9. The topological polar surface area (TPSA) is 92.2 Å². The van der Waals surface area contributed by atoms with Crippen LogP contribution in [0, 0.1) is 5.82 Å². The van der Waals surface area contributed by atoms with Crippen LogP contribution in [0.5, 0.6) is 0 Å². The van der Waals surface area contributed by atoms with Gasteiger partial charge < -0.3 is 10.4 Å². The Morgan fingerprint density at radius 2 is 1.88 bits per heavy atom. The summed E-state index contributed by atoms with van der Waals surface area (Å²) in [5.74, 6) is -2.11. The van der Waals surface area contributed by atoms with E-state index in [1.807, 2.05) is 30.3 Å². The van der Waals surface area contributed by atoms with Crippen LogP contribution in [0.1, 0.15) is 47.8 Å². The summed E-state index contributed by atoms with van der Waals surface area (Å²) in [5, 5.41) is 11.9. The van der Waals surface area contributed by atoms with Crippen LogP contribution in [-0.2, 0) is 10.2 Å². The van der Waals surface area contributed by atoms with E-state index < -0.39 is 23.7 Å². The first-order valence-corrected chi connectivity index (χ1v) is 11.8.